The van der Waals surface area contributed by atoms with Crippen LogP contribution >= 0.6 is 0 Å². The van der Waals surface area contributed by atoms with E-state index in [9.17, 15) is 0 Å². The van der Waals surface area contributed by atoms with Gasteiger partial charge in [-0.25, -0.2) is 4.98 Å². The van der Waals surface area contributed by atoms with Crippen molar-refractivity contribution >= 4 is 10.8 Å². The summed E-state index contributed by atoms with van der Waals surface area (Å²) in [5.74, 6) is 0.702. The van der Waals surface area contributed by atoms with Gasteiger partial charge in [-0.3, -0.25) is 4.98 Å². The summed E-state index contributed by atoms with van der Waals surface area (Å²) < 4.78 is 5.31. The van der Waals surface area contributed by atoms with Gasteiger partial charge in [-0.2, -0.15) is 0 Å². The van der Waals surface area contributed by atoms with Gasteiger partial charge in [0.25, 0.3) is 0 Å². The van der Waals surface area contributed by atoms with Crippen LogP contribution in [0.3, 0.4) is 0 Å². The van der Waals surface area contributed by atoms with Gasteiger partial charge in [0.15, 0.2) is 0 Å². The van der Waals surface area contributed by atoms with Crippen molar-refractivity contribution in [3.63, 3.8) is 0 Å². The van der Waals surface area contributed by atoms with Gasteiger partial charge in [-0.05, 0) is 18.6 Å². The molecule has 68 valence electrons. The highest BCUT2D eigenvalue weighted by molar-refractivity contribution is 5.85. The third-order valence-corrected chi connectivity index (χ3v) is 2.36. The highest BCUT2D eigenvalue weighted by Gasteiger charge is 2.11. The van der Waals surface area contributed by atoms with Crippen molar-refractivity contribution in [2.24, 2.45) is 0 Å². The second kappa shape index (κ2) is 2.80. The first-order valence-corrected chi connectivity index (χ1v) is 4.48. The Morgan fingerprint density at radius 3 is 3.36 bits per heavy atom. The van der Waals surface area contributed by atoms with Crippen LogP contribution < -0.4 is 4.74 Å². The molecular weight excluding hydrogens is 176 g/mol. The summed E-state index contributed by atoms with van der Waals surface area (Å²) in [4.78, 5) is 8.36. The number of pyridine rings is 2. The Hall–Kier alpha value is -1.90. The fraction of sp³-hybridized carbons (Fsp3) is 0.0909. The van der Waals surface area contributed by atoms with Gasteiger partial charge in [-0.15, -0.1) is 0 Å². The zero-order valence-electron chi connectivity index (χ0n) is 8.47. The van der Waals surface area contributed by atoms with Gasteiger partial charge in [0.2, 0.25) is 5.88 Å². The lowest BCUT2D eigenvalue weighted by molar-refractivity contribution is 0.446. The average molecular weight is 185 g/mol. The number of rotatable bonds is 0. The van der Waals surface area contributed by atoms with E-state index in [-0.39, 0.29) is 1.43 Å². The maximum absolute atomic E-state index is 5.31. The molecule has 1 aliphatic heterocycles. The Labute approximate surface area is 82.6 Å². The molecule has 0 spiro atoms. The van der Waals surface area contributed by atoms with E-state index >= 15 is 0 Å². The minimum atomic E-state index is 0. The second-order valence-electron chi connectivity index (χ2n) is 3.20. The first-order valence-electron chi connectivity index (χ1n) is 4.48. The molecule has 2 aromatic rings. The molecule has 14 heavy (non-hydrogen) atoms. The SMILES string of the molecule is C1=COc2ncc3ccncc3c2C1.[H+]. The number of fused-ring (bicyclic) bond motifs is 3. The molecule has 0 amide bonds. The van der Waals surface area contributed by atoms with Crippen LogP contribution in [-0.4, -0.2) is 9.97 Å². The zero-order valence-corrected chi connectivity index (χ0v) is 7.47. The molecule has 2 aromatic heterocycles. The van der Waals surface area contributed by atoms with Crippen molar-refractivity contribution in [1.29, 1.82) is 0 Å². The summed E-state index contributed by atoms with van der Waals surface area (Å²) in [5, 5.41) is 2.24. The van der Waals surface area contributed by atoms with Gasteiger partial charge in [-0.1, -0.05) is 0 Å². The average Bonchev–Trinajstić information content (AvgIpc) is 2.29. The lowest BCUT2D eigenvalue weighted by Crippen LogP contribution is -1.99. The fourth-order valence-electron chi connectivity index (χ4n) is 1.67. The van der Waals surface area contributed by atoms with Crippen LogP contribution in [0.4, 0.5) is 0 Å². The van der Waals surface area contributed by atoms with E-state index in [1.165, 1.54) is 0 Å². The Kier molecular flexibility index (Phi) is 1.50. The Morgan fingerprint density at radius 1 is 1.36 bits per heavy atom. The monoisotopic (exact) mass is 185 g/mol. The highest BCUT2D eigenvalue weighted by Crippen LogP contribution is 2.27. The molecule has 3 heteroatoms. The lowest BCUT2D eigenvalue weighted by Gasteiger charge is -2.12. The van der Waals surface area contributed by atoms with Crippen molar-refractivity contribution in [1.82, 2.24) is 9.97 Å². The van der Waals surface area contributed by atoms with Crippen LogP contribution in [0.2, 0.25) is 0 Å². The molecule has 0 unspecified atom stereocenters. The van der Waals surface area contributed by atoms with Crippen molar-refractivity contribution in [3.05, 3.63) is 42.6 Å². The predicted octanol–water partition coefficient (Wildman–Crippen LogP) is 2.19. The van der Waals surface area contributed by atoms with E-state index in [1.807, 2.05) is 24.5 Å². The number of aromatic nitrogens is 2. The van der Waals surface area contributed by atoms with Crippen LogP contribution in [0.5, 0.6) is 5.88 Å². The van der Waals surface area contributed by atoms with Crippen LogP contribution in [0, 0.1) is 0 Å². The second-order valence-corrected chi connectivity index (χ2v) is 3.20. The molecule has 0 aliphatic carbocycles. The molecular formula is C11H9N2O+. The van der Waals surface area contributed by atoms with E-state index in [0.29, 0.717) is 5.88 Å². The molecule has 0 bridgehead atoms. The maximum Gasteiger partial charge on any atom is 1.00 e. The molecule has 3 heterocycles. The smallest absolute Gasteiger partial charge is 0.447 e. The molecule has 0 saturated heterocycles. The van der Waals surface area contributed by atoms with Gasteiger partial charge >= 0.3 is 1.43 Å². The van der Waals surface area contributed by atoms with Crippen LogP contribution in [-0.2, 0) is 6.42 Å². The first kappa shape index (κ1) is 7.50. The third-order valence-electron chi connectivity index (χ3n) is 2.36. The van der Waals surface area contributed by atoms with Crippen molar-refractivity contribution in [3.8, 4) is 5.88 Å². The number of allylic oxidation sites excluding steroid dienone is 1. The van der Waals surface area contributed by atoms with Crippen LogP contribution in [0.1, 0.15) is 6.99 Å². The summed E-state index contributed by atoms with van der Waals surface area (Å²) in [5.41, 5.74) is 1.12. The first-order chi connectivity index (χ1) is 6.95. The molecule has 1 aliphatic rings. The maximum atomic E-state index is 5.31. The molecule has 0 aromatic carbocycles. The lowest BCUT2D eigenvalue weighted by atomic mass is 10.1. The molecule has 3 rings (SSSR count). The largest absolute Gasteiger partial charge is 1.00 e. The summed E-state index contributed by atoms with van der Waals surface area (Å²) >= 11 is 0. The van der Waals surface area contributed by atoms with Gasteiger partial charge < -0.3 is 4.74 Å². The topological polar surface area (TPSA) is 35.0 Å². The standard InChI is InChI=1S/C11H8N2O/c1-2-9-10-7-12-4-3-8(10)6-13-11(9)14-5-1/h1,3-7H,2H2/p+1. The Balaban J connectivity index is 0.000000853. The molecule has 0 N–H and O–H groups in total. The minimum absolute atomic E-state index is 0. The molecule has 3 nitrogen and oxygen atoms in total. The Bertz CT molecular complexity index is 525. The van der Waals surface area contributed by atoms with Crippen molar-refractivity contribution in [2.75, 3.05) is 0 Å². The van der Waals surface area contributed by atoms with E-state index in [1.54, 1.807) is 12.5 Å². The van der Waals surface area contributed by atoms with E-state index in [4.69, 9.17) is 4.74 Å². The zero-order chi connectivity index (χ0) is 9.38. The number of ether oxygens (including phenoxy) is 1. The number of hydrogen-bond acceptors (Lipinski definition) is 3. The molecule has 0 fully saturated rings. The molecule has 0 saturated carbocycles. The molecule has 0 radical (unpaired) electrons. The number of hydrogen-bond donors (Lipinski definition) is 0. The third kappa shape index (κ3) is 0.988. The van der Waals surface area contributed by atoms with E-state index in [2.05, 4.69) is 9.97 Å². The van der Waals surface area contributed by atoms with Crippen molar-refractivity contribution in [2.45, 2.75) is 6.42 Å². The summed E-state index contributed by atoms with van der Waals surface area (Å²) in [6.45, 7) is 0. The highest BCUT2D eigenvalue weighted by atomic mass is 16.5. The summed E-state index contributed by atoms with van der Waals surface area (Å²) in [7, 11) is 0. The van der Waals surface area contributed by atoms with Crippen LogP contribution in [0.15, 0.2) is 37.0 Å². The van der Waals surface area contributed by atoms with Gasteiger partial charge in [0.1, 0.15) is 0 Å². The number of nitrogens with zero attached hydrogens (tertiary/aromatic N) is 2. The minimum Gasteiger partial charge on any atom is -0.447 e. The quantitative estimate of drug-likeness (QED) is 0.631. The summed E-state index contributed by atoms with van der Waals surface area (Å²) in [6.07, 6.45) is 9.97. The van der Waals surface area contributed by atoms with Crippen LogP contribution in [0.25, 0.3) is 10.8 Å². The summed E-state index contributed by atoms with van der Waals surface area (Å²) in [6, 6.07) is 1.96. The fourth-order valence-corrected chi connectivity index (χ4v) is 1.67. The Morgan fingerprint density at radius 2 is 2.36 bits per heavy atom. The van der Waals surface area contributed by atoms with E-state index in [0.717, 1.165) is 22.8 Å². The normalized spacial score (nSPS) is 13.7. The van der Waals surface area contributed by atoms with Gasteiger partial charge in [0.05, 0.1) is 6.26 Å². The predicted molar refractivity (Wildman–Crippen MR) is 54.1 cm³/mol. The van der Waals surface area contributed by atoms with Gasteiger partial charge in [0, 0.05) is 34.9 Å². The van der Waals surface area contributed by atoms with E-state index < -0.39 is 0 Å². The molecule has 0 atom stereocenters. The van der Waals surface area contributed by atoms with Crippen molar-refractivity contribution < 1.29 is 6.16 Å².